The Morgan fingerprint density at radius 3 is 0.556 bits per heavy atom. The van der Waals surface area contributed by atoms with Crippen LogP contribution in [0.2, 0.25) is 0 Å². The van der Waals surface area contributed by atoms with E-state index in [2.05, 4.69) is 0 Å². The lowest BCUT2D eigenvalue weighted by Crippen LogP contribution is -2.47. The molecule has 0 radical (unpaired) electrons. The predicted molar refractivity (Wildman–Crippen MR) is 196 cm³/mol. The molecular formula is C36H48N18+6. The summed E-state index contributed by atoms with van der Waals surface area (Å²) >= 11 is 0. The maximum atomic E-state index is 6.53. The first kappa shape index (κ1) is 35.7. The molecule has 6 aromatic rings. The van der Waals surface area contributed by atoms with Crippen molar-refractivity contribution in [3.8, 4) is 0 Å². The van der Waals surface area contributed by atoms with Crippen LogP contribution >= 0.6 is 0 Å². The molecule has 12 bridgehead atoms. The number of hydrogen-bond donors (Lipinski definition) is 6. The highest BCUT2D eigenvalue weighted by molar-refractivity contribution is 5.40. The molecule has 18 nitrogen and oxygen atoms in total. The van der Waals surface area contributed by atoms with E-state index in [1.165, 1.54) is 0 Å². The Morgan fingerprint density at radius 2 is 0.426 bits per heavy atom. The fourth-order valence-electron chi connectivity index (χ4n) is 6.74. The Bertz CT molecular complexity index is 1910. The van der Waals surface area contributed by atoms with Gasteiger partial charge in [0.25, 0.3) is 34.9 Å². The van der Waals surface area contributed by atoms with Crippen molar-refractivity contribution in [1.29, 1.82) is 0 Å². The van der Waals surface area contributed by atoms with E-state index in [9.17, 15) is 0 Å². The minimum Gasteiger partial charge on any atom is -0.362 e. The molecule has 0 spiro atoms. The van der Waals surface area contributed by atoms with Crippen LogP contribution in [0.4, 0.5) is 34.9 Å². The molecule has 7 rings (SSSR count). The van der Waals surface area contributed by atoms with Crippen LogP contribution in [0.25, 0.3) is 0 Å². The van der Waals surface area contributed by atoms with Gasteiger partial charge in [0.15, 0.2) is 0 Å². The van der Waals surface area contributed by atoms with Crippen LogP contribution < -0.4 is 61.8 Å². The quantitative estimate of drug-likeness (QED) is 0.0903. The van der Waals surface area contributed by atoms with Crippen molar-refractivity contribution in [3.05, 3.63) is 106 Å². The van der Waals surface area contributed by atoms with Crippen molar-refractivity contribution < 1.29 is 27.4 Å². The van der Waals surface area contributed by atoms with Crippen LogP contribution in [0.1, 0.15) is 68.3 Å². The standard InChI is InChI=1S/C36H42N18/c1-19-43-31(37)25-7-49(19)13-26-8-50(20(2)44-32(26)38)15-28-10-52(22(4)46-34(28)40)17-30-12-54(24(6)48-36(30)42)18-29-11-53(23(5)47-35(29)41)16-27-9-51(14-25)21(3)45-33(27)39/h7-12,37-42H,13-18H2,1-6H3/p+6. The van der Waals surface area contributed by atoms with Crippen LogP contribution in [0.5, 0.6) is 0 Å². The number of aryl methyl sites for hydroxylation is 6. The number of anilines is 6. The minimum atomic E-state index is 0.407. The van der Waals surface area contributed by atoms with Crippen LogP contribution in [0, 0.1) is 41.5 Å². The van der Waals surface area contributed by atoms with Gasteiger partial charge in [-0.3, -0.25) is 0 Å². The van der Waals surface area contributed by atoms with E-state index in [1.54, 1.807) is 0 Å². The first-order valence-corrected chi connectivity index (χ1v) is 17.6. The third-order valence-electron chi connectivity index (χ3n) is 10.1. The number of hydrogen-bond acceptors (Lipinski definition) is 12. The Labute approximate surface area is 312 Å². The predicted octanol–water partition coefficient (Wildman–Crippen LogP) is -2.27. The van der Waals surface area contributed by atoms with Crippen LogP contribution in [0.15, 0.2) is 37.2 Å². The van der Waals surface area contributed by atoms with Crippen LogP contribution in [-0.4, -0.2) is 29.9 Å². The molecule has 18 heteroatoms. The SMILES string of the molecule is Cc1nc(N)c2c[n+]1Cc1c[n+](c(C)nc1N)Cc1c[n+](c(C)nc1N)Cc1c[n+](c(C)nc1N)Cc1c[n+](c(C)nc1N)Cc1c[n+](c(C)nc1N)C2. The van der Waals surface area contributed by atoms with E-state index in [0.717, 1.165) is 68.3 Å². The summed E-state index contributed by atoms with van der Waals surface area (Å²) < 4.78 is 12.1. The van der Waals surface area contributed by atoms with E-state index in [-0.39, 0.29) is 0 Å². The lowest BCUT2D eigenvalue weighted by Gasteiger charge is -2.11. The topological polar surface area (TPSA) is 257 Å². The zero-order valence-corrected chi connectivity index (χ0v) is 31.5. The number of nitrogen functional groups attached to an aromatic ring is 6. The lowest BCUT2D eigenvalue weighted by molar-refractivity contribution is -0.720. The van der Waals surface area contributed by atoms with E-state index in [0.29, 0.717) is 74.2 Å². The van der Waals surface area contributed by atoms with E-state index in [1.807, 2.05) is 106 Å². The van der Waals surface area contributed by atoms with Crippen LogP contribution in [0.3, 0.4) is 0 Å². The van der Waals surface area contributed by atoms with Crippen molar-refractivity contribution >= 4 is 34.9 Å². The van der Waals surface area contributed by atoms with Gasteiger partial charge in [-0.2, -0.15) is 0 Å². The number of aromatic nitrogens is 12. The fourth-order valence-corrected chi connectivity index (χ4v) is 6.74. The number of nitrogens with zero attached hydrogens (tertiary/aromatic N) is 12. The first-order valence-electron chi connectivity index (χ1n) is 17.6. The van der Waals surface area contributed by atoms with Gasteiger partial charge in [0.2, 0.25) is 34.9 Å². The molecule has 0 unspecified atom stereocenters. The summed E-state index contributed by atoms with van der Waals surface area (Å²) in [7, 11) is 0. The number of rotatable bonds is 0. The molecule has 0 atom stereocenters. The molecule has 0 aliphatic carbocycles. The Hall–Kier alpha value is -6.72. The molecule has 0 saturated carbocycles. The van der Waals surface area contributed by atoms with Gasteiger partial charge in [-0.1, -0.05) is 0 Å². The summed E-state index contributed by atoms with van der Waals surface area (Å²) in [6, 6.07) is 0. The Kier molecular flexibility index (Phi) is 9.04. The van der Waals surface area contributed by atoms with E-state index >= 15 is 0 Å². The summed E-state index contributed by atoms with van der Waals surface area (Å²) in [5.41, 5.74) is 44.0. The summed E-state index contributed by atoms with van der Waals surface area (Å²) in [6.07, 6.45) is 12.0. The summed E-state index contributed by atoms with van der Waals surface area (Å²) in [4.78, 5) is 28.2. The normalized spacial score (nSPS) is 13.0. The van der Waals surface area contributed by atoms with Crippen molar-refractivity contribution in [1.82, 2.24) is 29.9 Å². The molecule has 0 aromatic carbocycles. The second-order valence-corrected chi connectivity index (χ2v) is 14.0. The van der Waals surface area contributed by atoms with Crippen LogP contribution in [-0.2, 0) is 39.3 Å². The monoisotopic (exact) mass is 732 g/mol. The van der Waals surface area contributed by atoms with Gasteiger partial charge in [0.05, 0.1) is 0 Å². The van der Waals surface area contributed by atoms with Gasteiger partial charge >= 0.3 is 0 Å². The second-order valence-electron chi connectivity index (χ2n) is 14.0. The third kappa shape index (κ3) is 6.92. The fraction of sp³-hybridized carbons (Fsp3) is 0.333. The van der Waals surface area contributed by atoms with Gasteiger partial charge in [0.1, 0.15) is 110 Å². The van der Waals surface area contributed by atoms with Gasteiger partial charge < -0.3 is 34.4 Å². The molecule has 1 aliphatic heterocycles. The lowest BCUT2D eigenvalue weighted by atomic mass is 10.2. The third-order valence-corrected chi connectivity index (χ3v) is 10.1. The molecule has 276 valence electrons. The Balaban J connectivity index is 1.40. The Morgan fingerprint density at radius 1 is 0.296 bits per heavy atom. The summed E-state index contributed by atoms with van der Waals surface area (Å²) in [5, 5.41) is 0. The average molecular weight is 733 g/mol. The van der Waals surface area contributed by atoms with Crippen molar-refractivity contribution in [2.75, 3.05) is 34.4 Å². The first-order chi connectivity index (χ1) is 25.6. The van der Waals surface area contributed by atoms with Gasteiger partial charge in [-0.15, -0.1) is 0 Å². The summed E-state index contributed by atoms with van der Waals surface area (Å²) in [5.74, 6) is 6.84. The molecule has 0 amide bonds. The number of fused-ring (bicyclic) bond motifs is 12. The smallest absolute Gasteiger partial charge is 0.298 e. The highest BCUT2D eigenvalue weighted by atomic mass is 15.1. The number of nitrogens with two attached hydrogens (primary N) is 6. The minimum absolute atomic E-state index is 0.407. The molecule has 7 heterocycles. The second kappa shape index (κ2) is 13.7. The summed E-state index contributed by atoms with van der Waals surface area (Å²) in [6.45, 7) is 13.9. The zero-order chi connectivity index (χ0) is 38.6. The average Bonchev–Trinajstić information content (AvgIpc) is 3.09. The molecule has 0 saturated heterocycles. The molecule has 1 aliphatic rings. The van der Waals surface area contributed by atoms with Gasteiger partial charge in [-0.25, -0.2) is 27.4 Å². The molecule has 6 aromatic heterocycles. The maximum absolute atomic E-state index is 6.53. The van der Waals surface area contributed by atoms with Crippen molar-refractivity contribution in [2.24, 2.45) is 0 Å². The van der Waals surface area contributed by atoms with Gasteiger partial charge in [-0.05, 0) is 29.9 Å². The van der Waals surface area contributed by atoms with Crippen molar-refractivity contribution in [2.45, 2.75) is 80.8 Å². The highest BCUT2D eigenvalue weighted by Crippen LogP contribution is 2.15. The van der Waals surface area contributed by atoms with E-state index < -0.39 is 0 Å². The molecule has 12 N–H and O–H groups in total. The largest absolute Gasteiger partial charge is 0.362 e. The molecular weight excluding hydrogens is 685 g/mol. The molecule has 0 fully saturated rings. The maximum Gasteiger partial charge on any atom is 0.298 e. The van der Waals surface area contributed by atoms with Crippen molar-refractivity contribution in [3.63, 3.8) is 0 Å². The molecule has 54 heavy (non-hydrogen) atoms. The van der Waals surface area contributed by atoms with E-state index in [4.69, 9.17) is 64.3 Å². The van der Waals surface area contributed by atoms with Gasteiger partial charge in [0, 0.05) is 41.5 Å². The zero-order valence-electron chi connectivity index (χ0n) is 31.5. The highest BCUT2D eigenvalue weighted by Gasteiger charge is 2.28.